The second kappa shape index (κ2) is 8.57. The maximum absolute atomic E-state index is 12.3. The number of fused-ring (bicyclic) bond motifs is 1. The van der Waals surface area contributed by atoms with E-state index >= 15 is 0 Å². The minimum Gasteiger partial charge on any atom is -0.484 e. The first-order valence-corrected chi connectivity index (χ1v) is 10.3. The van der Waals surface area contributed by atoms with Gasteiger partial charge in [0.15, 0.2) is 6.61 Å². The highest BCUT2D eigenvalue weighted by atomic mass is 16.5. The standard InChI is InChI=1S/C24H22N4O3/c29-24(27-10-12-30-13-11-27)17-31-20-6-7-22-21(8-9-25-23(22)14-20)18-15-26-28(16-18)19-4-2-1-3-5-19/h1-9,14-16H,10-13,17H2. The average Bonchev–Trinajstić information content (AvgIpc) is 3.33. The lowest BCUT2D eigenvalue weighted by Gasteiger charge is -2.26. The van der Waals surface area contributed by atoms with E-state index in [-0.39, 0.29) is 12.5 Å². The Morgan fingerprint density at radius 1 is 1.06 bits per heavy atom. The maximum atomic E-state index is 12.3. The first kappa shape index (κ1) is 19.3. The highest BCUT2D eigenvalue weighted by Gasteiger charge is 2.17. The van der Waals surface area contributed by atoms with E-state index < -0.39 is 0 Å². The van der Waals surface area contributed by atoms with Crippen LogP contribution in [0.2, 0.25) is 0 Å². The molecule has 0 atom stereocenters. The molecule has 1 aliphatic heterocycles. The number of aromatic nitrogens is 3. The molecule has 3 heterocycles. The number of rotatable bonds is 5. The number of benzene rings is 2. The Kier molecular flexibility index (Phi) is 5.33. The van der Waals surface area contributed by atoms with Gasteiger partial charge in [-0.2, -0.15) is 5.10 Å². The molecule has 0 unspecified atom stereocenters. The molecule has 0 spiro atoms. The summed E-state index contributed by atoms with van der Waals surface area (Å²) in [6, 6.07) is 17.7. The van der Waals surface area contributed by atoms with Gasteiger partial charge < -0.3 is 14.4 Å². The number of amides is 1. The molecule has 1 saturated heterocycles. The van der Waals surface area contributed by atoms with E-state index in [1.54, 1.807) is 11.1 Å². The van der Waals surface area contributed by atoms with Crippen LogP contribution in [0.5, 0.6) is 5.75 Å². The third-order valence-electron chi connectivity index (χ3n) is 5.35. The molecule has 31 heavy (non-hydrogen) atoms. The third kappa shape index (κ3) is 4.13. The van der Waals surface area contributed by atoms with Gasteiger partial charge in [0.1, 0.15) is 5.75 Å². The number of para-hydroxylation sites is 1. The number of carbonyl (C=O) groups excluding carboxylic acids is 1. The Labute approximate surface area is 179 Å². The van der Waals surface area contributed by atoms with Gasteiger partial charge in [-0.3, -0.25) is 9.78 Å². The highest BCUT2D eigenvalue weighted by molar-refractivity contribution is 5.94. The minimum atomic E-state index is -0.0292. The largest absolute Gasteiger partial charge is 0.484 e. The normalized spacial score (nSPS) is 14.0. The van der Waals surface area contributed by atoms with Gasteiger partial charge in [-0.1, -0.05) is 18.2 Å². The zero-order valence-electron chi connectivity index (χ0n) is 17.0. The molecule has 0 N–H and O–H groups in total. The second-order valence-electron chi connectivity index (χ2n) is 7.33. The number of ether oxygens (including phenoxy) is 2. The van der Waals surface area contributed by atoms with Crippen LogP contribution in [0.15, 0.2) is 73.2 Å². The van der Waals surface area contributed by atoms with Crippen molar-refractivity contribution in [2.24, 2.45) is 0 Å². The van der Waals surface area contributed by atoms with Gasteiger partial charge in [0.25, 0.3) is 5.91 Å². The number of nitrogens with zero attached hydrogens (tertiary/aromatic N) is 4. The molecule has 0 aliphatic carbocycles. The number of morpholine rings is 1. The van der Waals surface area contributed by atoms with Crippen LogP contribution >= 0.6 is 0 Å². The minimum absolute atomic E-state index is 0.00897. The average molecular weight is 414 g/mol. The third-order valence-corrected chi connectivity index (χ3v) is 5.35. The first-order valence-electron chi connectivity index (χ1n) is 10.3. The monoisotopic (exact) mass is 414 g/mol. The molecule has 2 aromatic heterocycles. The van der Waals surface area contributed by atoms with Crippen LogP contribution in [0, 0.1) is 0 Å². The number of hydrogen-bond acceptors (Lipinski definition) is 5. The van der Waals surface area contributed by atoms with Gasteiger partial charge >= 0.3 is 0 Å². The molecule has 1 amide bonds. The molecule has 1 aliphatic rings. The predicted molar refractivity (Wildman–Crippen MR) is 117 cm³/mol. The summed E-state index contributed by atoms with van der Waals surface area (Å²) in [6.07, 6.45) is 5.64. The fourth-order valence-corrected chi connectivity index (χ4v) is 3.70. The lowest BCUT2D eigenvalue weighted by Crippen LogP contribution is -2.42. The first-order chi connectivity index (χ1) is 15.3. The van der Waals surface area contributed by atoms with Gasteiger partial charge in [-0.05, 0) is 35.9 Å². The number of pyridine rings is 1. The van der Waals surface area contributed by atoms with Gasteiger partial charge in [0.2, 0.25) is 0 Å². The lowest BCUT2D eigenvalue weighted by atomic mass is 10.0. The van der Waals surface area contributed by atoms with Crippen molar-refractivity contribution in [2.75, 3.05) is 32.9 Å². The summed E-state index contributed by atoms with van der Waals surface area (Å²) in [7, 11) is 0. The van der Waals surface area contributed by atoms with E-state index in [9.17, 15) is 4.79 Å². The summed E-state index contributed by atoms with van der Waals surface area (Å²) >= 11 is 0. The summed E-state index contributed by atoms with van der Waals surface area (Å²) in [5.74, 6) is 0.595. The Hall–Kier alpha value is -3.71. The fourth-order valence-electron chi connectivity index (χ4n) is 3.70. The van der Waals surface area contributed by atoms with Gasteiger partial charge in [0.05, 0.1) is 30.6 Å². The molecule has 156 valence electrons. The number of hydrogen-bond donors (Lipinski definition) is 0. The maximum Gasteiger partial charge on any atom is 0.260 e. The van der Waals surface area contributed by atoms with Crippen molar-refractivity contribution in [3.05, 3.63) is 73.2 Å². The SMILES string of the molecule is O=C(COc1ccc2c(-c3cnn(-c4ccccc4)c3)ccnc2c1)N1CCOCC1. The Morgan fingerprint density at radius 3 is 2.74 bits per heavy atom. The van der Waals surface area contributed by atoms with E-state index in [2.05, 4.69) is 10.1 Å². The Morgan fingerprint density at radius 2 is 1.90 bits per heavy atom. The summed E-state index contributed by atoms with van der Waals surface area (Å²) in [6.45, 7) is 2.39. The van der Waals surface area contributed by atoms with Crippen molar-refractivity contribution < 1.29 is 14.3 Å². The Bertz CT molecular complexity index is 1200. The predicted octanol–water partition coefficient (Wildman–Crippen LogP) is 3.33. The zero-order valence-corrected chi connectivity index (χ0v) is 17.0. The van der Waals surface area contributed by atoms with Gasteiger partial charge in [-0.25, -0.2) is 4.68 Å². The van der Waals surface area contributed by atoms with Crippen molar-refractivity contribution in [2.45, 2.75) is 0 Å². The molecule has 7 nitrogen and oxygen atoms in total. The van der Waals surface area contributed by atoms with E-state index in [1.807, 2.05) is 71.7 Å². The van der Waals surface area contributed by atoms with Gasteiger partial charge in [-0.15, -0.1) is 0 Å². The fraction of sp³-hybridized carbons (Fsp3) is 0.208. The molecule has 4 aromatic rings. The second-order valence-corrected chi connectivity index (χ2v) is 7.33. The smallest absolute Gasteiger partial charge is 0.260 e. The van der Waals surface area contributed by atoms with E-state index in [0.717, 1.165) is 27.7 Å². The molecule has 0 bridgehead atoms. The summed E-state index contributed by atoms with van der Waals surface area (Å²) in [4.78, 5) is 18.6. The van der Waals surface area contributed by atoms with Crippen LogP contribution in [0.4, 0.5) is 0 Å². The zero-order chi connectivity index (χ0) is 21.0. The summed E-state index contributed by atoms with van der Waals surface area (Å²) in [5.41, 5.74) is 3.87. The van der Waals surface area contributed by atoms with Crippen molar-refractivity contribution >= 4 is 16.8 Å². The van der Waals surface area contributed by atoms with Crippen LogP contribution < -0.4 is 4.74 Å². The molecule has 7 heteroatoms. The molecular formula is C24H22N4O3. The van der Waals surface area contributed by atoms with Gasteiger partial charge in [0, 0.05) is 42.5 Å². The Balaban J connectivity index is 1.36. The van der Waals surface area contributed by atoms with Crippen molar-refractivity contribution in [3.8, 4) is 22.6 Å². The lowest BCUT2D eigenvalue weighted by molar-refractivity contribution is -0.137. The molecule has 5 rings (SSSR count). The quantitative estimate of drug-likeness (QED) is 0.501. The van der Waals surface area contributed by atoms with E-state index in [0.29, 0.717) is 32.1 Å². The van der Waals surface area contributed by atoms with Crippen molar-refractivity contribution in [1.82, 2.24) is 19.7 Å². The van der Waals surface area contributed by atoms with Crippen LogP contribution in [-0.4, -0.2) is 58.5 Å². The van der Waals surface area contributed by atoms with E-state index in [1.165, 1.54) is 0 Å². The van der Waals surface area contributed by atoms with Crippen LogP contribution in [0.1, 0.15) is 0 Å². The highest BCUT2D eigenvalue weighted by Crippen LogP contribution is 2.30. The van der Waals surface area contributed by atoms with Crippen LogP contribution in [0.25, 0.3) is 27.7 Å². The van der Waals surface area contributed by atoms with Crippen LogP contribution in [-0.2, 0) is 9.53 Å². The van der Waals surface area contributed by atoms with Crippen molar-refractivity contribution in [3.63, 3.8) is 0 Å². The molecule has 0 saturated carbocycles. The van der Waals surface area contributed by atoms with E-state index in [4.69, 9.17) is 9.47 Å². The molecule has 0 radical (unpaired) electrons. The molecular weight excluding hydrogens is 392 g/mol. The van der Waals surface area contributed by atoms with Crippen molar-refractivity contribution in [1.29, 1.82) is 0 Å². The summed E-state index contributed by atoms with van der Waals surface area (Å²) < 4.78 is 12.9. The molecule has 1 fully saturated rings. The summed E-state index contributed by atoms with van der Waals surface area (Å²) in [5, 5.41) is 5.50. The topological polar surface area (TPSA) is 69.5 Å². The van der Waals surface area contributed by atoms with Crippen LogP contribution in [0.3, 0.4) is 0 Å². The molecule has 2 aromatic carbocycles. The number of carbonyl (C=O) groups is 1.